The highest BCUT2D eigenvalue weighted by Crippen LogP contribution is 2.31. The number of amides is 1. The average Bonchev–Trinajstić information content (AvgIpc) is 2.73. The van der Waals surface area contributed by atoms with Crippen LogP contribution < -0.4 is 10.1 Å². The van der Waals surface area contributed by atoms with Crippen LogP contribution in [0.1, 0.15) is 55.1 Å². The number of carbonyl (C=O) groups excluding carboxylic acids is 1. The molecular formula is C26H36N2O2. The summed E-state index contributed by atoms with van der Waals surface area (Å²) in [5.41, 5.74) is 3.14. The third-order valence-electron chi connectivity index (χ3n) is 6.01. The van der Waals surface area contributed by atoms with Gasteiger partial charge in [-0.25, -0.2) is 0 Å². The summed E-state index contributed by atoms with van der Waals surface area (Å²) in [4.78, 5) is 14.9. The van der Waals surface area contributed by atoms with E-state index in [1.165, 1.54) is 5.56 Å². The smallest absolute Gasteiger partial charge is 0.251 e. The Hall–Kier alpha value is -2.33. The van der Waals surface area contributed by atoms with Gasteiger partial charge in [-0.05, 0) is 67.4 Å². The minimum absolute atomic E-state index is 0.0430. The van der Waals surface area contributed by atoms with Crippen molar-refractivity contribution in [2.75, 3.05) is 32.8 Å². The summed E-state index contributed by atoms with van der Waals surface area (Å²) in [6.45, 7) is 13.2. The molecule has 1 N–H and O–H groups in total. The molecule has 3 rings (SSSR count). The first-order valence-corrected chi connectivity index (χ1v) is 11.1. The summed E-state index contributed by atoms with van der Waals surface area (Å²) >= 11 is 0. The standard InChI is InChI=1S/C26H36N2O2/c1-20-9-5-6-10-22(20)25(29)27-19-21-13-15-28(16-14-21)17-18-30-24-12-8-7-11-23(24)26(2,3)4/h5-12,21H,13-19H2,1-4H3,(H,27,29). The fourth-order valence-electron chi connectivity index (χ4n) is 4.07. The van der Waals surface area contributed by atoms with E-state index in [0.29, 0.717) is 12.5 Å². The highest BCUT2D eigenvalue weighted by Gasteiger charge is 2.21. The van der Waals surface area contributed by atoms with Gasteiger partial charge in [-0.2, -0.15) is 0 Å². The van der Waals surface area contributed by atoms with Crippen LogP contribution in [-0.4, -0.2) is 43.6 Å². The normalized spacial score (nSPS) is 15.7. The minimum Gasteiger partial charge on any atom is -0.492 e. The molecule has 0 spiro atoms. The zero-order chi connectivity index (χ0) is 21.6. The number of piperidine rings is 1. The molecule has 0 aromatic heterocycles. The summed E-state index contributed by atoms with van der Waals surface area (Å²) in [6.07, 6.45) is 2.24. The summed E-state index contributed by atoms with van der Waals surface area (Å²) in [5, 5.41) is 3.13. The number of carbonyl (C=O) groups is 1. The lowest BCUT2D eigenvalue weighted by Gasteiger charge is -2.32. The topological polar surface area (TPSA) is 41.6 Å². The molecule has 4 nitrogen and oxygen atoms in total. The molecule has 0 radical (unpaired) electrons. The molecule has 1 saturated heterocycles. The van der Waals surface area contributed by atoms with Gasteiger partial charge in [-0.1, -0.05) is 57.2 Å². The van der Waals surface area contributed by atoms with Crippen molar-refractivity contribution in [1.82, 2.24) is 10.2 Å². The minimum atomic E-state index is 0.0430. The monoisotopic (exact) mass is 408 g/mol. The Morgan fingerprint density at radius 3 is 2.43 bits per heavy atom. The third-order valence-corrected chi connectivity index (χ3v) is 6.01. The molecule has 0 saturated carbocycles. The van der Waals surface area contributed by atoms with Gasteiger partial charge in [0.15, 0.2) is 0 Å². The Kier molecular flexibility index (Phi) is 7.54. The predicted octanol–water partition coefficient (Wildman–Crippen LogP) is 4.81. The molecule has 1 heterocycles. The van der Waals surface area contributed by atoms with Crippen molar-refractivity contribution >= 4 is 5.91 Å². The lowest BCUT2D eigenvalue weighted by molar-refractivity contribution is 0.0933. The Bertz CT molecular complexity index is 833. The molecular weight excluding hydrogens is 372 g/mol. The Balaban J connectivity index is 1.38. The van der Waals surface area contributed by atoms with Crippen LogP contribution in [0.3, 0.4) is 0 Å². The fraction of sp³-hybridized carbons (Fsp3) is 0.500. The second-order valence-electron chi connectivity index (χ2n) is 9.40. The van der Waals surface area contributed by atoms with Gasteiger partial charge in [-0.3, -0.25) is 9.69 Å². The lowest BCUT2D eigenvalue weighted by atomic mass is 9.86. The van der Waals surface area contributed by atoms with Crippen LogP contribution in [0.25, 0.3) is 0 Å². The maximum absolute atomic E-state index is 12.4. The molecule has 1 amide bonds. The fourth-order valence-corrected chi connectivity index (χ4v) is 4.07. The zero-order valence-corrected chi connectivity index (χ0v) is 18.9. The third kappa shape index (κ3) is 6.09. The molecule has 2 aromatic rings. The van der Waals surface area contributed by atoms with Crippen molar-refractivity contribution < 1.29 is 9.53 Å². The highest BCUT2D eigenvalue weighted by molar-refractivity contribution is 5.95. The van der Waals surface area contributed by atoms with Gasteiger partial charge >= 0.3 is 0 Å². The molecule has 1 aliphatic heterocycles. The summed E-state index contributed by atoms with van der Waals surface area (Å²) in [5.74, 6) is 1.59. The Morgan fingerprint density at radius 1 is 1.07 bits per heavy atom. The van der Waals surface area contributed by atoms with E-state index in [4.69, 9.17) is 4.74 Å². The number of aryl methyl sites for hydroxylation is 1. The van der Waals surface area contributed by atoms with Gasteiger partial charge in [0, 0.05) is 18.7 Å². The van der Waals surface area contributed by atoms with Gasteiger partial charge in [0.25, 0.3) is 5.91 Å². The summed E-state index contributed by atoms with van der Waals surface area (Å²) in [6, 6.07) is 16.1. The van der Waals surface area contributed by atoms with E-state index in [2.05, 4.69) is 49.2 Å². The molecule has 0 bridgehead atoms. The van der Waals surface area contributed by atoms with Gasteiger partial charge in [-0.15, -0.1) is 0 Å². The number of rotatable bonds is 7. The van der Waals surface area contributed by atoms with Gasteiger partial charge in [0.05, 0.1) is 0 Å². The lowest BCUT2D eigenvalue weighted by Crippen LogP contribution is -2.40. The van der Waals surface area contributed by atoms with Crippen molar-refractivity contribution in [2.24, 2.45) is 5.92 Å². The molecule has 30 heavy (non-hydrogen) atoms. The van der Waals surface area contributed by atoms with E-state index in [1.54, 1.807) is 0 Å². The molecule has 2 aromatic carbocycles. The van der Waals surface area contributed by atoms with Gasteiger partial charge < -0.3 is 10.1 Å². The summed E-state index contributed by atoms with van der Waals surface area (Å²) in [7, 11) is 0. The van der Waals surface area contributed by atoms with Crippen LogP contribution in [-0.2, 0) is 5.41 Å². The number of hydrogen-bond donors (Lipinski definition) is 1. The quantitative estimate of drug-likeness (QED) is 0.715. The largest absolute Gasteiger partial charge is 0.492 e. The van der Waals surface area contributed by atoms with E-state index < -0.39 is 0 Å². The van der Waals surface area contributed by atoms with Crippen molar-refractivity contribution in [1.29, 1.82) is 0 Å². The van der Waals surface area contributed by atoms with E-state index in [9.17, 15) is 4.79 Å². The Morgan fingerprint density at radius 2 is 1.73 bits per heavy atom. The van der Waals surface area contributed by atoms with Crippen molar-refractivity contribution in [3.8, 4) is 5.75 Å². The number of likely N-dealkylation sites (tertiary alicyclic amines) is 1. The number of nitrogens with zero attached hydrogens (tertiary/aromatic N) is 1. The maximum atomic E-state index is 12.4. The van der Waals surface area contributed by atoms with Gasteiger partial charge in [0.1, 0.15) is 12.4 Å². The van der Waals surface area contributed by atoms with E-state index >= 15 is 0 Å². The number of nitrogens with one attached hydrogen (secondary N) is 1. The van der Waals surface area contributed by atoms with Crippen LogP contribution in [0.2, 0.25) is 0 Å². The van der Waals surface area contributed by atoms with Crippen molar-refractivity contribution in [2.45, 2.75) is 46.0 Å². The van der Waals surface area contributed by atoms with E-state index in [-0.39, 0.29) is 11.3 Å². The second kappa shape index (κ2) is 10.1. The molecule has 0 atom stereocenters. The SMILES string of the molecule is Cc1ccccc1C(=O)NCC1CCN(CCOc2ccccc2C(C)(C)C)CC1. The van der Waals surface area contributed by atoms with E-state index in [0.717, 1.165) is 55.9 Å². The highest BCUT2D eigenvalue weighted by atomic mass is 16.5. The first kappa shape index (κ1) is 22.4. The molecule has 0 unspecified atom stereocenters. The Labute approximate surface area is 181 Å². The summed E-state index contributed by atoms with van der Waals surface area (Å²) < 4.78 is 6.13. The molecule has 0 aliphatic carbocycles. The molecule has 4 heteroatoms. The number of para-hydroxylation sites is 1. The van der Waals surface area contributed by atoms with Crippen LogP contribution >= 0.6 is 0 Å². The van der Waals surface area contributed by atoms with Crippen LogP contribution in [0.15, 0.2) is 48.5 Å². The average molecular weight is 409 g/mol. The van der Waals surface area contributed by atoms with E-state index in [1.807, 2.05) is 37.3 Å². The van der Waals surface area contributed by atoms with Crippen LogP contribution in [0.5, 0.6) is 5.75 Å². The molecule has 1 aliphatic rings. The first-order chi connectivity index (χ1) is 14.3. The number of hydrogen-bond acceptors (Lipinski definition) is 3. The van der Waals surface area contributed by atoms with Gasteiger partial charge in [0.2, 0.25) is 0 Å². The molecule has 1 fully saturated rings. The zero-order valence-electron chi connectivity index (χ0n) is 18.9. The number of ether oxygens (including phenoxy) is 1. The maximum Gasteiger partial charge on any atom is 0.251 e. The molecule has 162 valence electrons. The second-order valence-corrected chi connectivity index (χ2v) is 9.40. The predicted molar refractivity (Wildman–Crippen MR) is 123 cm³/mol. The van der Waals surface area contributed by atoms with Crippen molar-refractivity contribution in [3.05, 3.63) is 65.2 Å². The van der Waals surface area contributed by atoms with Crippen molar-refractivity contribution in [3.63, 3.8) is 0 Å². The van der Waals surface area contributed by atoms with Crippen LogP contribution in [0.4, 0.5) is 0 Å². The van der Waals surface area contributed by atoms with Crippen LogP contribution in [0, 0.1) is 12.8 Å². The first-order valence-electron chi connectivity index (χ1n) is 11.1. The number of benzene rings is 2.